The number of nitrogens with one attached hydrogen (secondary N) is 1. The highest BCUT2D eigenvalue weighted by atomic mass is 35.5. The Morgan fingerprint density at radius 1 is 1.63 bits per heavy atom. The summed E-state index contributed by atoms with van der Waals surface area (Å²) < 4.78 is 0. The van der Waals surface area contributed by atoms with Crippen LogP contribution in [0.15, 0.2) is 12.3 Å². The summed E-state index contributed by atoms with van der Waals surface area (Å²) in [4.78, 5) is 35.9. The van der Waals surface area contributed by atoms with Crippen molar-refractivity contribution >= 4 is 29.2 Å². The lowest BCUT2D eigenvalue weighted by molar-refractivity contribution is -0.385. The van der Waals surface area contributed by atoms with E-state index >= 15 is 0 Å². The molecule has 0 aliphatic carbocycles. The summed E-state index contributed by atoms with van der Waals surface area (Å²) in [5, 5.41) is 21.4. The third-order valence-corrected chi connectivity index (χ3v) is 2.59. The third-order valence-electron chi connectivity index (χ3n) is 2.29. The Kier molecular flexibility index (Phi) is 4.76. The second-order valence-corrected chi connectivity index (χ2v) is 3.92. The Balaban J connectivity index is 3.02. The largest absolute Gasteiger partial charge is 0.480 e. The monoisotopic (exact) mass is 287 g/mol. The van der Waals surface area contributed by atoms with Crippen molar-refractivity contribution < 1.29 is 19.6 Å². The minimum absolute atomic E-state index is 0.168. The summed E-state index contributed by atoms with van der Waals surface area (Å²) in [6, 6.07) is -0.151. The van der Waals surface area contributed by atoms with E-state index < -0.39 is 28.5 Å². The maximum atomic E-state index is 11.8. The quantitative estimate of drug-likeness (QED) is 0.477. The van der Waals surface area contributed by atoms with Gasteiger partial charge in [0.1, 0.15) is 17.4 Å². The lowest BCUT2D eigenvalue weighted by Gasteiger charge is -2.12. The number of carboxylic acids is 1. The molecule has 1 unspecified atom stereocenters. The van der Waals surface area contributed by atoms with Gasteiger partial charge in [-0.1, -0.05) is 18.5 Å². The Bertz CT molecular complexity index is 534. The summed E-state index contributed by atoms with van der Waals surface area (Å²) in [5.41, 5.74) is -0.645. The zero-order valence-corrected chi connectivity index (χ0v) is 10.5. The number of carbonyl (C=O) groups is 2. The van der Waals surface area contributed by atoms with Crippen LogP contribution in [0.1, 0.15) is 23.7 Å². The van der Waals surface area contributed by atoms with Gasteiger partial charge in [0.05, 0.1) is 10.5 Å². The van der Waals surface area contributed by atoms with Crippen LogP contribution in [-0.2, 0) is 4.79 Å². The molecule has 0 bridgehead atoms. The summed E-state index contributed by atoms with van der Waals surface area (Å²) in [6.07, 6.45) is 1.08. The van der Waals surface area contributed by atoms with E-state index in [1.807, 2.05) is 0 Å². The van der Waals surface area contributed by atoms with Crippen LogP contribution in [-0.4, -0.2) is 32.9 Å². The second kappa shape index (κ2) is 6.10. The molecule has 0 radical (unpaired) electrons. The molecule has 0 saturated heterocycles. The fraction of sp³-hybridized carbons (Fsp3) is 0.300. The number of hydrogen-bond acceptors (Lipinski definition) is 5. The van der Waals surface area contributed by atoms with Crippen molar-refractivity contribution in [2.75, 3.05) is 0 Å². The van der Waals surface area contributed by atoms with Gasteiger partial charge in [-0.2, -0.15) is 0 Å². The molecule has 1 atom stereocenters. The normalized spacial score (nSPS) is 11.7. The van der Waals surface area contributed by atoms with Crippen LogP contribution in [0, 0.1) is 10.1 Å². The minimum atomic E-state index is -1.20. The van der Waals surface area contributed by atoms with Gasteiger partial charge in [-0.3, -0.25) is 14.9 Å². The number of carbonyl (C=O) groups excluding carboxylic acids is 1. The van der Waals surface area contributed by atoms with Gasteiger partial charge in [0.15, 0.2) is 0 Å². The highest BCUT2D eigenvalue weighted by Gasteiger charge is 2.22. The molecule has 1 rings (SSSR count). The zero-order chi connectivity index (χ0) is 14.6. The first-order chi connectivity index (χ1) is 8.86. The molecule has 9 heteroatoms. The molecule has 0 aromatic carbocycles. The molecule has 0 spiro atoms. The van der Waals surface area contributed by atoms with E-state index in [9.17, 15) is 19.7 Å². The summed E-state index contributed by atoms with van der Waals surface area (Å²) in [7, 11) is 0. The van der Waals surface area contributed by atoms with Crippen LogP contribution in [0.2, 0.25) is 5.15 Å². The molecule has 0 fully saturated rings. The number of aliphatic carboxylic acids is 1. The number of aromatic nitrogens is 1. The van der Waals surface area contributed by atoms with Gasteiger partial charge in [-0.05, 0) is 6.42 Å². The van der Waals surface area contributed by atoms with Crippen LogP contribution < -0.4 is 5.32 Å². The molecule has 8 nitrogen and oxygen atoms in total. The number of nitrogens with zero attached hydrogens (tertiary/aromatic N) is 2. The molecular formula is C10H10ClN3O5. The smallest absolute Gasteiger partial charge is 0.326 e. The lowest BCUT2D eigenvalue weighted by atomic mass is 10.2. The second-order valence-electron chi connectivity index (χ2n) is 3.56. The van der Waals surface area contributed by atoms with Crippen molar-refractivity contribution in [1.29, 1.82) is 0 Å². The predicted octanol–water partition coefficient (Wildman–Crippen LogP) is 1.24. The predicted molar refractivity (Wildman–Crippen MR) is 65.1 cm³/mol. The number of carboxylic acid groups (broad SMARTS) is 1. The number of hydrogen-bond donors (Lipinski definition) is 2. The summed E-state index contributed by atoms with van der Waals surface area (Å²) >= 11 is 5.66. The standard InChI is InChI=1S/C10H10ClN3O5/c1-2-7(10(16)17)13-9(15)6-3-5(14(18)19)4-12-8(6)11/h3-4,7H,2H2,1H3,(H,13,15)(H,16,17). The topological polar surface area (TPSA) is 122 Å². The maximum Gasteiger partial charge on any atom is 0.326 e. The van der Waals surface area contributed by atoms with E-state index in [1.54, 1.807) is 6.92 Å². The fourth-order valence-corrected chi connectivity index (χ4v) is 1.46. The zero-order valence-electron chi connectivity index (χ0n) is 9.79. The minimum Gasteiger partial charge on any atom is -0.480 e. The average Bonchev–Trinajstić information content (AvgIpc) is 2.35. The number of nitro groups is 1. The fourth-order valence-electron chi connectivity index (χ4n) is 1.27. The van der Waals surface area contributed by atoms with Crippen LogP contribution in [0.3, 0.4) is 0 Å². The van der Waals surface area contributed by atoms with Crippen molar-refractivity contribution in [1.82, 2.24) is 10.3 Å². The van der Waals surface area contributed by atoms with Crippen molar-refractivity contribution in [3.05, 3.63) is 33.1 Å². The van der Waals surface area contributed by atoms with Gasteiger partial charge in [0.2, 0.25) is 0 Å². The highest BCUT2D eigenvalue weighted by molar-refractivity contribution is 6.32. The molecule has 1 aromatic heterocycles. The molecule has 1 amide bonds. The van der Waals surface area contributed by atoms with E-state index in [4.69, 9.17) is 16.7 Å². The number of rotatable bonds is 5. The molecule has 19 heavy (non-hydrogen) atoms. The maximum absolute atomic E-state index is 11.8. The Labute approximate surface area is 112 Å². The van der Waals surface area contributed by atoms with E-state index in [0.29, 0.717) is 0 Å². The first kappa shape index (κ1) is 14.8. The Morgan fingerprint density at radius 2 is 2.26 bits per heavy atom. The van der Waals surface area contributed by atoms with Gasteiger partial charge in [0.25, 0.3) is 11.6 Å². The Hall–Kier alpha value is -2.22. The summed E-state index contributed by atoms with van der Waals surface area (Å²) in [5.74, 6) is -2.03. The van der Waals surface area contributed by atoms with Gasteiger partial charge < -0.3 is 10.4 Å². The van der Waals surface area contributed by atoms with Crippen LogP contribution >= 0.6 is 11.6 Å². The van der Waals surface area contributed by atoms with Crippen molar-refractivity contribution in [2.24, 2.45) is 0 Å². The molecule has 0 aliphatic rings. The molecule has 2 N–H and O–H groups in total. The van der Waals surface area contributed by atoms with Gasteiger partial charge in [-0.25, -0.2) is 9.78 Å². The van der Waals surface area contributed by atoms with Crippen LogP contribution in [0.5, 0.6) is 0 Å². The summed E-state index contributed by atoms with van der Waals surface area (Å²) in [6.45, 7) is 1.58. The van der Waals surface area contributed by atoms with Crippen LogP contribution in [0.4, 0.5) is 5.69 Å². The Morgan fingerprint density at radius 3 is 2.74 bits per heavy atom. The number of halogens is 1. The van der Waals surface area contributed by atoms with E-state index in [-0.39, 0.29) is 17.1 Å². The first-order valence-electron chi connectivity index (χ1n) is 5.20. The molecule has 1 heterocycles. The first-order valence-corrected chi connectivity index (χ1v) is 5.58. The molecule has 102 valence electrons. The van der Waals surface area contributed by atoms with Gasteiger partial charge >= 0.3 is 5.97 Å². The lowest BCUT2D eigenvalue weighted by Crippen LogP contribution is -2.40. The average molecular weight is 288 g/mol. The molecule has 0 aliphatic heterocycles. The SMILES string of the molecule is CCC(NC(=O)c1cc([N+](=O)[O-])cnc1Cl)C(=O)O. The third kappa shape index (κ3) is 3.62. The van der Waals surface area contributed by atoms with Crippen molar-refractivity contribution in [3.8, 4) is 0 Å². The molecular weight excluding hydrogens is 278 g/mol. The number of amides is 1. The van der Waals surface area contributed by atoms with Gasteiger partial charge in [0, 0.05) is 6.07 Å². The van der Waals surface area contributed by atoms with E-state index in [0.717, 1.165) is 12.3 Å². The molecule has 1 aromatic rings. The van der Waals surface area contributed by atoms with Crippen LogP contribution in [0.25, 0.3) is 0 Å². The van der Waals surface area contributed by atoms with E-state index in [2.05, 4.69) is 10.3 Å². The van der Waals surface area contributed by atoms with E-state index in [1.165, 1.54) is 0 Å². The molecule has 0 saturated carbocycles. The van der Waals surface area contributed by atoms with Crippen molar-refractivity contribution in [3.63, 3.8) is 0 Å². The van der Waals surface area contributed by atoms with Gasteiger partial charge in [-0.15, -0.1) is 0 Å². The highest BCUT2D eigenvalue weighted by Crippen LogP contribution is 2.19. The number of pyridine rings is 1. The van der Waals surface area contributed by atoms with Crippen molar-refractivity contribution in [2.45, 2.75) is 19.4 Å².